The van der Waals surface area contributed by atoms with Gasteiger partial charge in [0.15, 0.2) is 0 Å². The molecule has 116 valence electrons. The third-order valence-corrected chi connectivity index (χ3v) is 3.58. The van der Waals surface area contributed by atoms with Gasteiger partial charge in [-0.1, -0.05) is 6.08 Å². The number of anilines is 1. The molecule has 0 radical (unpaired) electrons. The molecule has 0 aromatic carbocycles. The van der Waals surface area contributed by atoms with E-state index >= 15 is 0 Å². The van der Waals surface area contributed by atoms with Gasteiger partial charge in [0.1, 0.15) is 0 Å². The Morgan fingerprint density at radius 3 is 2.90 bits per heavy atom. The Morgan fingerprint density at radius 2 is 2.29 bits per heavy atom. The van der Waals surface area contributed by atoms with Crippen LogP contribution in [0.4, 0.5) is 10.7 Å². The minimum absolute atomic E-state index is 0.208. The molecule has 1 N–H and O–H groups in total. The van der Waals surface area contributed by atoms with Crippen molar-refractivity contribution in [1.29, 1.82) is 0 Å². The molecular weight excluding hydrogens is 268 g/mol. The first kappa shape index (κ1) is 15.4. The van der Waals surface area contributed by atoms with E-state index in [1.165, 1.54) is 0 Å². The highest BCUT2D eigenvalue weighted by Crippen LogP contribution is 2.17. The van der Waals surface area contributed by atoms with Gasteiger partial charge in [-0.15, -0.1) is 6.58 Å². The van der Waals surface area contributed by atoms with Crippen LogP contribution in [0.25, 0.3) is 0 Å². The summed E-state index contributed by atoms with van der Waals surface area (Å²) in [6.07, 6.45) is 5.46. The molecule has 0 spiro atoms. The molecule has 1 amide bonds. The first-order valence-corrected chi connectivity index (χ1v) is 7.47. The van der Waals surface area contributed by atoms with E-state index in [1.54, 1.807) is 4.90 Å². The van der Waals surface area contributed by atoms with Gasteiger partial charge < -0.3 is 19.5 Å². The van der Waals surface area contributed by atoms with Gasteiger partial charge in [-0.05, 0) is 26.7 Å². The van der Waals surface area contributed by atoms with Crippen LogP contribution in [0, 0.1) is 6.92 Å². The van der Waals surface area contributed by atoms with Gasteiger partial charge in [0, 0.05) is 31.9 Å². The lowest BCUT2D eigenvalue weighted by Crippen LogP contribution is -2.42. The zero-order valence-electron chi connectivity index (χ0n) is 12.8. The molecule has 1 aromatic heterocycles. The van der Waals surface area contributed by atoms with Crippen molar-refractivity contribution in [3.8, 4) is 0 Å². The number of aromatic nitrogens is 2. The number of rotatable bonds is 5. The number of piperidine rings is 1. The molecule has 0 bridgehead atoms. The van der Waals surface area contributed by atoms with Crippen molar-refractivity contribution in [3.05, 3.63) is 24.5 Å². The van der Waals surface area contributed by atoms with Crippen LogP contribution >= 0.6 is 0 Å². The van der Waals surface area contributed by atoms with Crippen molar-refractivity contribution in [1.82, 2.24) is 14.5 Å². The first-order valence-electron chi connectivity index (χ1n) is 7.47. The zero-order valence-corrected chi connectivity index (χ0v) is 12.8. The Morgan fingerprint density at radius 1 is 1.57 bits per heavy atom. The van der Waals surface area contributed by atoms with E-state index < -0.39 is 0 Å². The van der Waals surface area contributed by atoms with Crippen LogP contribution in [-0.4, -0.2) is 46.3 Å². The summed E-state index contributed by atoms with van der Waals surface area (Å²) in [6, 6.07) is 0.334. The van der Waals surface area contributed by atoms with Crippen molar-refractivity contribution in [2.45, 2.75) is 39.3 Å². The van der Waals surface area contributed by atoms with E-state index in [1.807, 2.05) is 26.1 Å². The van der Waals surface area contributed by atoms with Crippen LogP contribution in [0.15, 0.2) is 18.9 Å². The Hall–Kier alpha value is -1.98. The number of allylic oxidation sites excluding steroid dienone is 1. The van der Waals surface area contributed by atoms with Crippen molar-refractivity contribution in [2.24, 2.45) is 0 Å². The molecular formula is C15H24N4O2. The molecule has 6 heteroatoms. The van der Waals surface area contributed by atoms with Crippen LogP contribution in [0.2, 0.25) is 0 Å². The number of hydrogen-bond acceptors (Lipinski definition) is 4. The van der Waals surface area contributed by atoms with Gasteiger partial charge in [-0.25, -0.2) is 9.78 Å². The van der Waals surface area contributed by atoms with Crippen LogP contribution in [0.3, 0.4) is 0 Å². The van der Waals surface area contributed by atoms with Crippen molar-refractivity contribution < 1.29 is 9.53 Å². The summed E-state index contributed by atoms with van der Waals surface area (Å²) in [7, 11) is 0. The average molecular weight is 292 g/mol. The van der Waals surface area contributed by atoms with Gasteiger partial charge in [0.25, 0.3) is 0 Å². The van der Waals surface area contributed by atoms with Crippen molar-refractivity contribution in [3.63, 3.8) is 0 Å². The Labute approximate surface area is 125 Å². The molecule has 0 aliphatic carbocycles. The molecule has 2 rings (SSSR count). The van der Waals surface area contributed by atoms with Gasteiger partial charge in [0.05, 0.1) is 12.3 Å². The molecule has 1 aromatic rings. The number of hydrogen-bond donors (Lipinski definition) is 1. The van der Waals surface area contributed by atoms with E-state index in [2.05, 4.69) is 21.4 Å². The van der Waals surface area contributed by atoms with Crippen LogP contribution in [0.1, 0.15) is 25.5 Å². The van der Waals surface area contributed by atoms with E-state index in [4.69, 9.17) is 4.74 Å². The monoisotopic (exact) mass is 292 g/mol. The van der Waals surface area contributed by atoms with Crippen molar-refractivity contribution in [2.75, 3.05) is 25.0 Å². The van der Waals surface area contributed by atoms with Gasteiger partial charge in [-0.3, -0.25) is 0 Å². The molecule has 0 saturated carbocycles. The number of ether oxygens (including phenoxy) is 1. The summed E-state index contributed by atoms with van der Waals surface area (Å²) >= 11 is 0. The Bertz CT molecular complexity index is 490. The lowest BCUT2D eigenvalue weighted by molar-refractivity contribution is 0.0983. The highest BCUT2D eigenvalue weighted by molar-refractivity contribution is 5.67. The quantitative estimate of drug-likeness (QED) is 0.847. The number of carbonyl (C=O) groups is 1. The second-order valence-electron chi connectivity index (χ2n) is 5.25. The van der Waals surface area contributed by atoms with E-state index in [9.17, 15) is 4.79 Å². The number of nitrogens with one attached hydrogen (secondary N) is 1. The maximum Gasteiger partial charge on any atom is 0.409 e. The third kappa shape index (κ3) is 4.00. The Balaban J connectivity index is 1.88. The van der Waals surface area contributed by atoms with Crippen LogP contribution in [0.5, 0.6) is 0 Å². The molecule has 1 aliphatic heterocycles. The molecule has 6 nitrogen and oxygen atoms in total. The third-order valence-electron chi connectivity index (χ3n) is 3.58. The fourth-order valence-electron chi connectivity index (χ4n) is 2.54. The number of amides is 1. The number of likely N-dealkylation sites (tertiary alicyclic amines) is 1. The summed E-state index contributed by atoms with van der Waals surface area (Å²) in [5.74, 6) is 0.877. The standard InChI is InChI=1S/C15H24N4O2/c1-4-8-19-11-12(3)16-14(19)17-13-6-9-18(10-7-13)15(20)21-5-2/h4,11,13H,1,5-10H2,2-3H3,(H,16,17). The predicted molar refractivity (Wildman–Crippen MR) is 82.4 cm³/mol. The first-order chi connectivity index (χ1) is 10.1. The number of carbonyl (C=O) groups excluding carboxylic acids is 1. The lowest BCUT2D eigenvalue weighted by Gasteiger charge is -2.31. The zero-order chi connectivity index (χ0) is 15.2. The smallest absolute Gasteiger partial charge is 0.409 e. The van der Waals surface area contributed by atoms with E-state index in [-0.39, 0.29) is 6.09 Å². The molecule has 1 saturated heterocycles. The second-order valence-corrected chi connectivity index (χ2v) is 5.25. The SMILES string of the molecule is C=CCn1cc(C)nc1NC1CCN(C(=O)OCC)CC1. The van der Waals surface area contributed by atoms with Crippen LogP contribution in [-0.2, 0) is 11.3 Å². The minimum atomic E-state index is -0.208. The summed E-state index contributed by atoms with van der Waals surface area (Å²) in [5, 5.41) is 3.47. The van der Waals surface area contributed by atoms with Gasteiger partial charge in [0.2, 0.25) is 5.95 Å². The van der Waals surface area contributed by atoms with Gasteiger partial charge >= 0.3 is 6.09 Å². The number of nitrogens with zero attached hydrogens (tertiary/aromatic N) is 3. The normalized spacial score (nSPS) is 15.8. The highest BCUT2D eigenvalue weighted by atomic mass is 16.6. The largest absolute Gasteiger partial charge is 0.450 e. The average Bonchev–Trinajstić information content (AvgIpc) is 2.80. The Kier molecular flexibility index (Phi) is 5.25. The fraction of sp³-hybridized carbons (Fsp3) is 0.600. The maximum absolute atomic E-state index is 11.7. The minimum Gasteiger partial charge on any atom is -0.450 e. The van der Waals surface area contributed by atoms with Crippen LogP contribution < -0.4 is 5.32 Å². The number of aryl methyl sites for hydroxylation is 1. The van der Waals surface area contributed by atoms with E-state index in [0.717, 1.165) is 44.1 Å². The predicted octanol–water partition coefficient (Wildman–Crippen LogP) is 2.41. The summed E-state index contributed by atoms with van der Waals surface area (Å²) < 4.78 is 7.08. The second kappa shape index (κ2) is 7.15. The summed E-state index contributed by atoms with van der Waals surface area (Å²) in [5.41, 5.74) is 0.989. The molecule has 1 fully saturated rings. The topological polar surface area (TPSA) is 59.4 Å². The fourth-order valence-corrected chi connectivity index (χ4v) is 2.54. The summed E-state index contributed by atoms with van der Waals surface area (Å²) in [4.78, 5) is 17.9. The number of imidazole rings is 1. The highest BCUT2D eigenvalue weighted by Gasteiger charge is 2.24. The molecule has 2 heterocycles. The molecule has 0 atom stereocenters. The van der Waals surface area contributed by atoms with Gasteiger partial charge in [-0.2, -0.15) is 0 Å². The molecule has 21 heavy (non-hydrogen) atoms. The maximum atomic E-state index is 11.7. The summed E-state index contributed by atoms with van der Waals surface area (Å²) in [6.45, 7) is 10.2. The molecule has 0 unspecified atom stereocenters. The van der Waals surface area contributed by atoms with E-state index in [0.29, 0.717) is 12.6 Å². The van der Waals surface area contributed by atoms with Crippen molar-refractivity contribution >= 4 is 12.0 Å². The molecule has 1 aliphatic rings. The lowest BCUT2D eigenvalue weighted by atomic mass is 10.1.